The summed E-state index contributed by atoms with van der Waals surface area (Å²) in [7, 11) is 0. The molecule has 0 spiro atoms. The zero-order valence-corrected chi connectivity index (χ0v) is 22.7. The Morgan fingerprint density at radius 1 is 1.16 bits per heavy atom. The second-order valence-electron chi connectivity index (χ2n) is 8.21. The number of amidine groups is 1. The van der Waals surface area contributed by atoms with E-state index >= 15 is 0 Å². The number of nitrogen functional groups attached to an aromatic ring is 1. The number of nitrogens with two attached hydrogens (primary N) is 1. The zero-order valence-electron chi connectivity index (χ0n) is 21.0. The quantitative estimate of drug-likeness (QED) is 0.145. The van der Waals surface area contributed by atoms with Crippen molar-refractivity contribution in [2.75, 3.05) is 18.1 Å². The second kappa shape index (κ2) is 13.0. The predicted octanol–water partition coefficient (Wildman–Crippen LogP) is 4.78. The van der Waals surface area contributed by atoms with E-state index in [1.54, 1.807) is 37.4 Å². The number of aryl methyl sites for hydroxylation is 3. The summed E-state index contributed by atoms with van der Waals surface area (Å²) in [6.07, 6.45) is 2.37. The van der Waals surface area contributed by atoms with E-state index in [-0.39, 0.29) is 37.8 Å². The Bertz CT molecular complexity index is 1420. The summed E-state index contributed by atoms with van der Waals surface area (Å²) < 4.78 is 10.7. The second-order valence-corrected chi connectivity index (χ2v) is 9.38. The molecule has 0 atom stereocenters. The fourth-order valence-electron chi connectivity index (χ4n) is 3.77. The number of carbonyl (C=O) groups excluding carboxylic acids is 2. The number of aromatic nitrogens is 3. The number of H-pyrrole nitrogens is 1. The van der Waals surface area contributed by atoms with E-state index in [4.69, 9.17) is 25.6 Å². The van der Waals surface area contributed by atoms with Crippen molar-refractivity contribution in [3.63, 3.8) is 0 Å². The first-order valence-electron chi connectivity index (χ1n) is 11.8. The molecule has 12 heteroatoms. The number of ether oxygens (including phenoxy) is 2. The molecule has 0 aliphatic heterocycles. The Kier molecular flexibility index (Phi) is 9.80. The molecule has 10 nitrogen and oxygen atoms in total. The Balaban J connectivity index is 0.00000400. The lowest BCUT2D eigenvalue weighted by Crippen LogP contribution is -2.36. The topological polar surface area (TPSA) is 147 Å². The number of hydrogen-bond donors (Lipinski definition) is 3. The first-order valence-corrected chi connectivity index (χ1v) is 12.6. The lowest BCUT2D eigenvalue weighted by atomic mass is 10.2. The van der Waals surface area contributed by atoms with Gasteiger partial charge in [-0.3, -0.25) is 15.1 Å². The fraction of sp³-hybridized carbons (Fsp3) is 0.269. The summed E-state index contributed by atoms with van der Waals surface area (Å²) >= 11 is 1.50. The molecule has 0 bridgehead atoms. The number of thiophene rings is 1. The summed E-state index contributed by atoms with van der Waals surface area (Å²) in [4.78, 5) is 40.5. The number of amides is 1. The number of rotatable bonds is 10. The molecule has 38 heavy (non-hydrogen) atoms. The van der Waals surface area contributed by atoms with Crippen LogP contribution in [0.15, 0.2) is 48.7 Å². The summed E-state index contributed by atoms with van der Waals surface area (Å²) in [5.41, 5.74) is 7.83. The zero-order chi connectivity index (χ0) is 26.4. The molecular weight excluding hydrogens is 528 g/mol. The molecule has 0 saturated heterocycles. The van der Waals surface area contributed by atoms with Crippen LogP contribution < -0.4 is 15.4 Å². The maximum absolute atomic E-state index is 13.1. The minimum Gasteiger partial charge on any atom is -0.466 e. The predicted molar refractivity (Wildman–Crippen MR) is 150 cm³/mol. The van der Waals surface area contributed by atoms with Crippen LogP contribution in [0.2, 0.25) is 0 Å². The average Bonchev–Trinajstić information content (AvgIpc) is 3.53. The van der Waals surface area contributed by atoms with Gasteiger partial charge in [-0.2, -0.15) is 0 Å². The summed E-state index contributed by atoms with van der Waals surface area (Å²) in [6.45, 7) is 3.91. The largest absolute Gasteiger partial charge is 0.466 e. The highest BCUT2D eigenvalue weighted by Gasteiger charge is 2.22. The Morgan fingerprint density at radius 3 is 2.66 bits per heavy atom. The highest BCUT2D eigenvalue weighted by molar-refractivity contribution is 7.14. The van der Waals surface area contributed by atoms with E-state index in [2.05, 4.69) is 9.97 Å². The Hall–Kier alpha value is -3.96. The summed E-state index contributed by atoms with van der Waals surface area (Å²) in [5, 5.41) is 7.55. The van der Waals surface area contributed by atoms with Crippen LogP contribution >= 0.6 is 23.7 Å². The van der Waals surface area contributed by atoms with E-state index in [9.17, 15) is 9.59 Å². The standard InChI is InChI=1S/C26H28N6O4S.ClH/c1-3-35-23(33)13-15-32(22-6-4-5-14-29-22)26(34)36-19-10-9-18-24(16(19)2)31-21(30-18)12-8-17-7-11-20(37-17)25(27)28;/h4-7,9-11,14H,3,8,12-13,15H2,1-2H3,(H3,27,28)(H,30,31);1H. The molecule has 4 aromatic rings. The van der Waals surface area contributed by atoms with Crippen molar-refractivity contribution in [3.8, 4) is 5.75 Å². The number of nitrogens with zero attached hydrogens (tertiary/aromatic N) is 3. The van der Waals surface area contributed by atoms with Gasteiger partial charge >= 0.3 is 12.1 Å². The third-order valence-corrected chi connectivity index (χ3v) is 6.81. The number of fused-ring (bicyclic) bond motifs is 1. The van der Waals surface area contributed by atoms with E-state index in [0.717, 1.165) is 33.1 Å². The number of halogens is 1. The minimum atomic E-state index is -0.653. The number of nitrogens with one attached hydrogen (secondary N) is 2. The van der Waals surface area contributed by atoms with Crippen molar-refractivity contribution >= 4 is 58.5 Å². The highest BCUT2D eigenvalue weighted by Crippen LogP contribution is 2.27. The molecule has 4 N–H and O–H groups in total. The third-order valence-electron chi connectivity index (χ3n) is 5.63. The van der Waals surface area contributed by atoms with Gasteiger partial charge in [-0.15, -0.1) is 23.7 Å². The van der Waals surface area contributed by atoms with Gasteiger partial charge in [-0.25, -0.2) is 14.8 Å². The monoisotopic (exact) mass is 556 g/mol. The number of pyridine rings is 1. The van der Waals surface area contributed by atoms with Gasteiger partial charge in [-0.05, 0) is 56.7 Å². The molecule has 0 radical (unpaired) electrons. The summed E-state index contributed by atoms with van der Waals surface area (Å²) in [5.74, 6) is 1.22. The molecule has 0 aliphatic rings. The molecule has 200 valence electrons. The third kappa shape index (κ3) is 6.87. The number of imidazole rings is 1. The van der Waals surface area contributed by atoms with Gasteiger partial charge in [0.1, 0.15) is 23.2 Å². The normalized spacial score (nSPS) is 10.6. The van der Waals surface area contributed by atoms with Gasteiger partial charge in [0.15, 0.2) is 0 Å². The van der Waals surface area contributed by atoms with Crippen LogP contribution in [0.4, 0.5) is 10.6 Å². The van der Waals surface area contributed by atoms with Crippen molar-refractivity contribution in [2.45, 2.75) is 33.1 Å². The van der Waals surface area contributed by atoms with Gasteiger partial charge in [-0.1, -0.05) is 6.07 Å². The maximum Gasteiger partial charge on any atom is 0.420 e. The van der Waals surface area contributed by atoms with Crippen molar-refractivity contribution < 1.29 is 19.1 Å². The molecular formula is C26H29ClN6O4S. The number of carbonyl (C=O) groups is 2. The Morgan fingerprint density at radius 2 is 1.97 bits per heavy atom. The van der Waals surface area contributed by atoms with E-state index < -0.39 is 12.1 Å². The number of hydrogen-bond acceptors (Lipinski definition) is 8. The number of esters is 1. The molecule has 0 aliphatic carbocycles. The van der Waals surface area contributed by atoms with Crippen LogP contribution in [0.3, 0.4) is 0 Å². The molecule has 1 amide bonds. The molecule has 4 rings (SSSR count). The van der Waals surface area contributed by atoms with Crippen molar-refractivity contribution in [1.82, 2.24) is 15.0 Å². The van der Waals surface area contributed by atoms with Crippen LogP contribution in [0.5, 0.6) is 5.75 Å². The van der Waals surface area contributed by atoms with Crippen molar-refractivity contribution in [3.05, 3.63) is 69.8 Å². The van der Waals surface area contributed by atoms with Crippen molar-refractivity contribution in [2.24, 2.45) is 5.73 Å². The van der Waals surface area contributed by atoms with Gasteiger partial charge in [0, 0.05) is 29.6 Å². The SMILES string of the molecule is CCOC(=O)CCN(C(=O)Oc1ccc2[nH]c(CCc3ccc(C(=N)N)s3)nc2c1C)c1ccccn1.Cl. The first-order chi connectivity index (χ1) is 17.9. The van der Waals surface area contributed by atoms with Gasteiger partial charge in [0.25, 0.3) is 0 Å². The smallest absolute Gasteiger partial charge is 0.420 e. The van der Waals surface area contributed by atoms with Crippen molar-refractivity contribution in [1.29, 1.82) is 5.41 Å². The lowest BCUT2D eigenvalue weighted by Gasteiger charge is -2.21. The van der Waals surface area contributed by atoms with E-state index in [1.807, 2.05) is 25.1 Å². The van der Waals surface area contributed by atoms with Crippen LogP contribution in [0.1, 0.15) is 34.5 Å². The highest BCUT2D eigenvalue weighted by atomic mass is 35.5. The molecule has 0 saturated carbocycles. The van der Waals surface area contributed by atoms with Crippen LogP contribution in [0.25, 0.3) is 11.0 Å². The molecule has 3 heterocycles. The van der Waals surface area contributed by atoms with Gasteiger partial charge in [0.05, 0.1) is 28.9 Å². The van der Waals surface area contributed by atoms with Gasteiger partial charge in [0.2, 0.25) is 0 Å². The maximum atomic E-state index is 13.1. The van der Waals surface area contributed by atoms with Crippen LogP contribution in [-0.4, -0.2) is 46.0 Å². The fourth-order valence-corrected chi connectivity index (χ4v) is 4.64. The molecule has 3 aromatic heterocycles. The van der Waals surface area contributed by atoms with Crippen LogP contribution in [-0.2, 0) is 22.4 Å². The minimum absolute atomic E-state index is 0. The number of aromatic amines is 1. The Labute approximate surface area is 230 Å². The van der Waals surface area contributed by atoms with Crippen LogP contribution in [0, 0.1) is 12.3 Å². The average molecular weight is 557 g/mol. The first kappa shape index (κ1) is 28.6. The lowest BCUT2D eigenvalue weighted by molar-refractivity contribution is -0.142. The molecule has 0 fully saturated rings. The number of anilines is 1. The molecule has 0 unspecified atom stereocenters. The summed E-state index contributed by atoms with van der Waals surface area (Å²) in [6, 6.07) is 12.5. The number of benzene rings is 1. The van der Waals surface area contributed by atoms with E-state index in [1.165, 1.54) is 16.2 Å². The molecule has 1 aromatic carbocycles. The van der Waals surface area contributed by atoms with E-state index in [0.29, 0.717) is 23.5 Å². The van der Waals surface area contributed by atoms with Gasteiger partial charge < -0.3 is 20.2 Å².